The lowest BCUT2D eigenvalue weighted by atomic mass is 10.0. The normalized spacial score (nSPS) is 12.1. The van der Waals surface area contributed by atoms with Crippen LogP contribution in [0.5, 0.6) is 0 Å². The third-order valence-electron chi connectivity index (χ3n) is 12.7. The highest BCUT2D eigenvalue weighted by Crippen LogP contribution is 2.17. The minimum absolute atomic E-state index is 0.0687. The van der Waals surface area contributed by atoms with Crippen LogP contribution in [0, 0.1) is 0 Å². The summed E-state index contributed by atoms with van der Waals surface area (Å²) in [7, 11) is 0. The van der Waals surface area contributed by atoms with Crippen molar-refractivity contribution in [1.82, 2.24) is 0 Å². The number of carbonyl (C=O) groups is 3. The Morgan fingerprint density at radius 2 is 0.562 bits per heavy atom. The Hall–Kier alpha value is -2.11. The maximum atomic E-state index is 12.8. The molecule has 0 amide bonds. The van der Waals surface area contributed by atoms with Gasteiger partial charge in [0.15, 0.2) is 6.10 Å². The first-order chi connectivity index (χ1) is 31.5. The Morgan fingerprint density at radius 1 is 0.312 bits per heavy atom. The van der Waals surface area contributed by atoms with Crippen molar-refractivity contribution < 1.29 is 28.6 Å². The molecule has 0 aromatic carbocycles. The van der Waals surface area contributed by atoms with Gasteiger partial charge in [0.05, 0.1) is 0 Å². The van der Waals surface area contributed by atoms with Gasteiger partial charge in [-0.2, -0.15) is 0 Å². The molecule has 1 atom stereocenters. The van der Waals surface area contributed by atoms with Crippen LogP contribution < -0.4 is 0 Å². The van der Waals surface area contributed by atoms with Crippen LogP contribution in [-0.4, -0.2) is 37.2 Å². The Kier molecular flexibility index (Phi) is 51.7. The Bertz CT molecular complexity index is 1040. The van der Waals surface area contributed by atoms with Crippen LogP contribution in [0.3, 0.4) is 0 Å². The number of ether oxygens (including phenoxy) is 3. The zero-order valence-corrected chi connectivity index (χ0v) is 43.1. The van der Waals surface area contributed by atoms with Gasteiger partial charge < -0.3 is 14.2 Å². The van der Waals surface area contributed by atoms with Crippen LogP contribution in [0.4, 0.5) is 0 Å². The number of carbonyl (C=O) groups excluding carboxylic acids is 3. The molecule has 0 radical (unpaired) electrons. The number of hydrogen-bond donors (Lipinski definition) is 0. The summed E-state index contributed by atoms with van der Waals surface area (Å²) in [5.41, 5.74) is 0. The van der Waals surface area contributed by atoms with E-state index in [4.69, 9.17) is 14.2 Å². The minimum atomic E-state index is -0.768. The van der Waals surface area contributed by atoms with Gasteiger partial charge >= 0.3 is 17.9 Å². The van der Waals surface area contributed by atoms with Gasteiger partial charge in [-0.05, 0) is 51.4 Å². The van der Waals surface area contributed by atoms with E-state index in [9.17, 15) is 14.4 Å². The second kappa shape index (κ2) is 53.5. The van der Waals surface area contributed by atoms with E-state index in [1.54, 1.807) is 0 Å². The highest BCUT2D eigenvalue weighted by Gasteiger charge is 2.19. The maximum Gasteiger partial charge on any atom is 0.306 e. The Labute approximate surface area is 398 Å². The molecule has 376 valence electrons. The maximum absolute atomic E-state index is 12.8. The number of esters is 3. The third-order valence-corrected chi connectivity index (χ3v) is 12.7. The molecule has 1 unspecified atom stereocenters. The Balaban J connectivity index is 4.28. The van der Waals surface area contributed by atoms with Crippen LogP contribution >= 0.6 is 0 Å². The van der Waals surface area contributed by atoms with E-state index < -0.39 is 6.10 Å². The second-order valence-corrected chi connectivity index (χ2v) is 19.2. The number of rotatable bonds is 52. The van der Waals surface area contributed by atoms with Crippen LogP contribution in [0.2, 0.25) is 0 Å². The monoisotopic (exact) mass is 901 g/mol. The standard InChI is InChI=1S/C58H108O6/c1-4-7-10-13-16-19-22-24-26-28-30-32-34-36-39-42-45-48-51-57(60)63-54-55(53-62-56(59)50-47-44-41-38-21-18-15-12-9-6-3)64-58(61)52-49-46-43-40-37-35-33-31-29-27-25-23-20-17-14-11-8-5-2/h19,22,26,28,55H,4-18,20-21,23-25,27,29-54H2,1-3H3/b22-19-,28-26-. The molecule has 0 aliphatic heterocycles. The van der Waals surface area contributed by atoms with Crippen LogP contribution in [0.1, 0.15) is 310 Å². The zero-order chi connectivity index (χ0) is 46.5. The molecule has 0 bridgehead atoms. The average molecular weight is 901 g/mol. The summed E-state index contributed by atoms with van der Waals surface area (Å²) < 4.78 is 16.8. The molecular weight excluding hydrogens is 793 g/mol. The van der Waals surface area contributed by atoms with Gasteiger partial charge in [-0.1, -0.05) is 263 Å². The predicted octanol–water partition coefficient (Wildman–Crippen LogP) is 18.7. The molecule has 6 heteroatoms. The lowest BCUT2D eigenvalue weighted by Gasteiger charge is -2.18. The Morgan fingerprint density at radius 3 is 0.875 bits per heavy atom. The molecule has 0 saturated heterocycles. The van der Waals surface area contributed by atoms with Crippen molar-refractivity contribution >= 4 is 17.9 Å². The molecule has 0 aromatic heterocycles. The summed E-state index contributed by atoms with van der Waals surface area (Å²) in [5, 5.41) is 0. The average Bonchev–Trinajstić information content (AvgIpc) is 3.29. The van der Waals surface area contributed by atoms with Crippen molar-refractivity contribution in [2.75, 3.05) is 13.2 Å². The first kappa shape index (κ1) is 61.9. The molecule has 64 heavy (non-hydrogen) atoms. The largest absolute Gasteiger partial charge is 0.462 e. The number of allylic oxidation sites excluding steroid dienone is 4. The van der Waals surface area contributed by atoms with E-state index in [1.165, 1.54) is 199 Å². The summed E-state index contributed by atoms with van der Waals surface area (Å²) in [6.07, 6.45) is 61.7. The lowest BCUT2D eigenvalue weighted by Crippen LogP contribution is -2.30. The summed E-state index contributed by atoms with van der Waals surface area (Å²) in [6, 6.07) is 0. The van der Waals surface area contributed by atoms with Crippen LogP contribution in [-0.2, 0) is 28.6 Å². The number of hydrogen-bond acceptors (Lipinski definition) is 6. The molecule has 0 fully saturated rings. The van der Waals surface area contributed by atoms with Crippen molar-refractivity contribution in [3.63, 3.8) is 0 Å². The molecule has 0 rings (SSSR count). The van der Waals surface area contributed by atoms with E-state index in [-0.39, 0.29) is 31.1 Å². The summed E-state index contributed by atoms with van der Waals surface area (Å²) in [6.45, 7) is 6.65. The van der Waals surface area contributed by atoms with Gasteiger partial charge in [0.25, 0.3) is 0 Å². The quantitative estimate of drug-likeness (QED) is 0.0262. The molecule has 0 aromatic rings. The van der Waals surface area contributed by atoms with Crippen LogP contribution in [0.25, 0.3) is 0 Å². The van der Waals surface area contributed by atoms with Gasteiger partial charge in [-0.15, -0.1) is 0 Å². The minimum Gasteiger partial charge on any atom is -0.462 e. The molecule has 0 spiro atoms. The highest BCUT2D eigenvalue weighted by molar-refractivity contribution is 5.71. The molecule has 0 saturated carbocycles. The number of unbranched alkanes of at least 4 members (excludes halogenated alkanes) is 37. The van der Waals surface area contributed by atoms with Crippen LogP contribution in [0.15, 0.2) is 24.3 Å². The third kappa shape index (κ3) is 50.9. The summed E-state index contributed by atoms with van der Waals surface area (Å²) in [4.78, 5) is 38.0. The van der Waals surface area contributed by atoms with Crippen molar-refractivity contribution in [2.24, 2.45) is 0 Å². The fraction of sp³-hybridized carbons (Fsp3) is 0.879. The molecule has 6 nitrogen and oxygen atoms in total. The predicted molar refractivity (Wildman–Crippen MR) is 275 cm³/mol. The van der Waals surface area contributed by atoms with Gasteiger partial charge in [0.1, 0.15) is 13.2 Å². The van der Waals surface area contributed by atoms with E-state index in [0.29, 0.717) is 19.3 Å². The molecule has 0 aliphatic carbocycles. The van der Waals surface area contributed by atoms with Gasteiger partial charge in [-0.3, -0.25) is 14.4 Å². The van der Waals surface area contributed by atoms with E-state index >= 15 is 0 Å². The molecule has 0 aliphatic rings. The van der Waals surface area contributed by atoms with Gasteiger partial charge in [0.2, 0.25) is 0 Å². The fourth-order valence-electron chi connectivity index (χ4n) is 8.42. The van der Waals surface area contributed by atoms with Crippen molar-refractivity contribution in [3.8, 4) is 0 Å². The molecule has 0 N–H and O–H groups in total. The van der Waals surface area contributed by atoms with Gasteiger partial charge in [-0.25, -0.2) is 0 Å². The smallest absolute Gasteiger partial charge is 0.306 e. The first-order valence-electron chi connectivity index (χ1n) is 28.3. The first-order valence-corrected chi connectivity index (χ1v) is 28.3. The SMILES string of the molecule is CCCCCC/C=C\C/C=C\CCCCCCCCCC(=O)OCC(COC(=O)CCCCCCCCCCCC)OC(=O)CCCCCCCCCCCCCCCCCCCC. The van der Waals surface area contributed by atoms with Crippen molar-refractivity contribution in [1.29, 1.82) is 0 Å². The summed E-state index contributed by atoms with van der Waals surface area (Å²) in [5.74, 6) is -0.859. The van der Waals surface area contributed by atoms with Gasteiger partial charge in [0, 0.05) is 19.3 Å². The van der Waals surface area contributed by atoms with E-state index in [0.717, 1.165) is 70.6 Å². The van der Waals surface area contributed by atoms with Crippen molar-refractivity contribution in [2.45, 2.75) is 316 Å². The second-order valence-electron chi connectivity index (χ2n) is 19.2. The van der Waals surface area contributed by atoms with E-state index in [1.807, 2.05) is 0 Å². The fourth-order valence-corrected chi connectivity index (χ4v) is 8.42. The highest BCUT2D eigenvalue weighted by atomic mass is 16.6. The van der Waals surface area contributed by atoms with E-state index in [2.05, 4.69) is 45.1 Å². The molecule has 0 heterocycles. The summed E-state index contributed by atoms with van der Waals surface area (Å²) >= 11 is 0. The van der Waals surface area contributed by atoms with Crippen molar-refractivity contribution in [3.05, 3.63) is 24.3 Å². The zero-order valence-electron chi connectivity index (χ0n) is 43.1. The lowest BCUT2D eigenvalue weighted by molar-refractivity contribution is -0.167. The topological polar surface area (TPSA) is 78.9 Å². The molecular formula is C58H108O6.